The van der Waals surface area contributed by atoms with E-state index >= 15 is 0 Å². The van der Waals surface area contributed by atoms with Gasteiger partial charge in [-0.3, -0.25) is 4.99 Å². The molecule has 1 heteroatoms. The van der Waals surface area contributed by atoms with Gasteiger partial charge in [0.15, 0.2) is 0 Å². The van der Waals surface area contributed by atoms with Gasteiger partial charge in [0, 0.05) is 7.05 Å². The fraction of sp³-hybridized carbons (Fsp3) is 0.182. The molecule has 0 spiro atoms. The average Bonchev–Trinajstić information content (AvgIpc) is 2.07. The van der Waals surface area contributed by atoms with Crippen molar-refractivity contribution in [3.63, 3.8) is 0 Å². The first-order chi connectivity index (χ1) is 5.75. The van der Waals surface area contributed by atoms with Crippen LogP contribution in [0.1, 0.15) is 12.5 Å². The molecular weight excluding hydrogens is 146 g/mol. The molecule has 1 nitrogen and oxygen atoms in total. The summed E-state index contributed by atoms with van der Waals surface area (Å²) in [4.78, 5) is 4.17. The van der Waals surface area contributed by atoms with Gasteiger partial charge in [-0.2, -0.15) is 0 Å². The fourth-order valence-electron chi connectivity index (χ4n) is 1.16. The van der Waals surface area contributed by atoms with Crippen LogP contribution in [0.4, 0.5) is 0 Å². The first-order valence-corrected chi connectivity index (χ1v) is 3.94. The molecular formula is C11H13N. The lowest BCUT2D eigenvalue weighted by Gasteiger charge is -2.03. The summed E-state index contributed by atoms with van der Waals surface area (Å²) < 4.78 is 0. The van der Waals surface area contributed by atoms with Gasteiger partial charge in [-0.1, -0.05) is 36.9 Å². The van der Waals surface area contributed by atoms with E-state index in [4.69, 9.17) is 0 Å². The minimum Gasteiger partial charge on any atom is -0.288 e. The second kappa shape index (κ2) is 3.86. The van der Waals surface area contributed by atoms with Crippen LogP contribution in [0.25, 0.3) is 0 Å². The molecule has 0 aliphatic heterocycles. The van der Waals surface area contributed by atoms with Gasteiger partial charge < -0.3 is 0 Å². The highest BCUT2D eigenvalue weighted by molar-refractivity contribution is 6.11. The van der Waals surface area contributed by atoms with E-state index in [0.29, 0.717) is 0 Å². The number of allylic oxidation sites excluding steroid dienone is 1. The maximum atomic E-state index is 4.17. The van der Waals surface area contributed by atoms with Gasteiger partial charge >= 0.3 is 0 Å². The Morgan fingerprint density at radius 3 is 2.25 bits per heavy atom. The Bertz CT molecular complexity index is 296. The zero-order valence-electron chi connectivity index (χ0n) is 7.54. The Kier molecular flexibility index (Phi) is 2.81. The van der Waals surface area contributed by atoms with Gasteiger partial charge in [-0.15, -0.1) is 0 Å². The van der Waals surface area contributed by atoms with Crippen molar-refractivity contribution < 1.29 is 0 Å². The average molecular weight is 159 g/mol. The summed E-state index contributed by atoms with van der Waals surface area (Å²) in [6, 6.07) is 10.1. The number of benzene rings is 1. The second-order valence-corrected chi connectivity index (χ2v) is 2.72. The van der Waals surface area contributed by atoms with Gasteiger partial charge in [0.05, 0.1) is 5.71 Å². The lowest BCUT2D eigenvalue weighted by Crippen LogP contribution is -2.00. The summed E-state index contributed by atoms with van der Waals surface area (Å²) in [5.41, 5.74) is 3.12. The predicted octanol–water partition coefficient (Wildman–Crippen LogP) is 2.68. The SMILES string of the molecule is C=C(C)/C(=N/C)c1ccccc1. The highest BCUT2D eigenvalue weighted by Crippen LogP contribution is 2.06. The third-order valence-electron chi connectivity index (χ3n) is 1.68. The molecule has 1 aromatic rings. The molecule has 62 valence electrons. The molecule has 0 saturated carbocycles. The molecule has 0 N–H and O–H groups in total. The molecule has 0 atom stereocenters. The number of hydrogen-bond donors (Lipinski definition) is 0. The summed E-state index contributed by atoms with van der Waals surface area (Å²) in [7, 11) is 1.79. The zero-order chi connectivity index (χ0) is 8.97. The Hall–Kier alpha value is -1.37. The van der Waals surface area contributed by atoms with Crippen LogP contribution in [0.5, 0.6) is 0 Å². The summed E-state index contributed by atoms with van der Waals surface area (Å²) >= 11 is 0. The van der Waals surface area contributed by atoms with E-state index in [1.807, 2.05) is 37.3 Å². The van der Waals surface area contributed by atoms with Gasteiger partial charge in [0.1, 0.15) is 0 Å². The minimum absolute atomic E-state index is 0.982. The first-order valence-electron chi connectivity index (χ1n) is 3.94. The Balaban J connectivity index is 3.05. The van der Waals surface area contributed by atoms with E-state index < -0.39 is 0 Å². The van der Waals surface area contributed by atoms with Gasteiger partial charge in [0.2, 0.25) is 0 Å². The van der Waals surface area contributed by atoms with Crippen molar-refractivity contribution in [2.45, 2.75) is 6.92 Å². The van der Waals surface area contributed by atoms with Gasteiger partial charge in [0.25, 0.3) is 0 Å². The highest BCUT2D eigenvalue weighted by atomic mass is 14.7. The molecule has 0 aliphatic rings. The molecule has 0 heterocycles. The third kappa shape index (κ3) is 1.82. The normalized spacial score (nSPS) is 11.3. The van der Waals surface area contributed by atoms with Crippen LogP contribution in [-0.4, -0.2) is 12.8 Å². The largest absolute Gasteiger partial charge is 0.288 e. The number of hydrogen-bond acceptors (Lipinski definition) is 1. The minimum atomic E-state index is 0.982. The van der Waals surface area contributed by atoms with Crippen molar-refractivity contribution in [3.05, 3.63) is 48.0 Å². The van der Waals surface area contributed by atoms with Gasteiger partial charge in [-0.05, 0) is 18.1 Å². The topological polar surface area (TPSA) is 12.4 Å². The number of aliphatic imine (C=N–C) groups is 1. The van der Waals surface area contributed by atoms with Crippen molar-refractivity contribution in [3.8, 4) is 0 Å². The van der Waals surface area contributed by atoms with Crippen LogP contribution in [0.2, 0.25) is 0 Å². The molecule has 0 amide bonds. The monoisotopic (exact) mass is 159 g/mol. The van der Waals surface area contributed by atoms with E-state index in [2.05, 4.69) is 11.6 Å². The maximum Gasteiger partial charge on any atom is 0.0666 e. The summed E-state index contributed by atoms with van der Waals surface area (Å²) in [6.07, 6.45) is 0. The zero-order valence-corrected chi connectivity index (χ0v) is 7.54. The maximum absolute atomic E-state index is 4.17. The molecule has 0 saturated heterocycles. The smallest absolute Gasteiger partial charge is 0.0666 e. The van der Waals surface area contributed by atoms with Crippen LogP contribution in [-0.2, 0) is 0 Å². The molecule has 0 radical (unpaired) electrons. The quantitative estimate of drug-likeness (QED) is 0.588. The van der Waals surface area contributed by atoms with E-state index in [1.165, 1.54) is 0 Å². The van der Waals surface area contributed by atoms with Crippen LogP contribution in [0, 0.1) is 0 Å². The molecule has 1 rings (SSSR count). The Labute approximate surface area is 73.5 Å². The van der Waals surface area contributed by atoms with E-state index in [-0.39, 0.29) is 0 Å². The lowest BCUT2D eigenvalue weighted by molar-refractivity contribution is 1.40. The highest BCUT2D eigenvalue weighted by Gasteiger charge is 2.00. The van der Waals surface area contributed by atoms with Crippen molar-refractivity contribution in [2.75, 3.05) is 7.05 Å². The van der Waals surface area contributed by atoms with Crippen LogP contribution in [0.3, 0.4) is 0 Å². The molecule has 0 unspecified atom stereocenters. The van der Waals surface area contributed by atoms with Crippen molar-refractivity contribution in [1.82, 2.24) is 0 Å². The van der Waals surface area contributed by atoms with Crippen molar-refractivity contribution in [2.24, 2.45) is 4.99 Å². The molecule has 1 aromatic carbocycles. The molecule has 12 heavy (non-hydrogen) atoms. The fourth-order valence-corrected chi connectivity index (χ4v) is 1.16. The van der Waals surface area contributed by atoms with Crippen LogP contribution >= 0.6 is 0 Å². The van der Waals surface area contributed by atoms with E-state index in [0.717, 1.165) is 16.8 Å². The van der Waals surface area contributed by atoms with E-state index in [1.54, 1.807) is 7.05 Å². The third-order valence-corrected chi connectivity index (χ3v) is 1.68. The summed E-state index contributed by atoms with van der Waals surface area (Å²) in [6.45, 7) is 5.84. The van der Waals surface area contributed by atoms with Crippen molar-refractivity contribution in [1.29, 1.82) is 0 Å². The van der Waals surface area contributed by atoms with Crippen molar-refractivity contribution >= 4 is 5.71 Å². The number of rotatable bonds is 2. The molecule has 0 aromatic heterocycles. The van der Waals surface area contributed by atoms with E-state index in [9.17, 15) is 0 Å². The van der Waals surface area contributed by atoms with Crippen LogP contribution in [0.15, 0.2) is 47.5 Å². The molecule has 0 aliphatic carbocycles. The molecule has 0 bridgehead atoms. The first kappa shape index (κ1) is 8.72. The standard InChI is InChI=1S/C11H13N/c1-9(2)11(12-3)10-7-5-4-6-8-10/h4-8H,1H2,2-3H3/b12-11-. The second-order valence-electron chi connectivity index (χ2n) is 2.72. The Morgan fingerprint density at radius 2 is 1.83 bits per heavy atom. The Morgan fingerprint density at radius 1 is 1.25 bits per heavy atom. The van der Waals surface area contributed by atoms with Gasteiger partial charge in [-0.25, -0.2) is 0 Å². The lowest BCUT2D eigenvalue weighted by atomic mass is 10.1. The molecule has 0 fully saturated rings. The summed E-state index contributed by atoms with van der Waals surface area (Å²) in [5, 5.41) is 0. The van der Waals surface area contributed by atoms with Crippen LogP contribution < -0.4 is 0 Å². The summed E-state index contributed by atoms with van der Waals surface area (Å²) in [5.74, 6) is 0. The predicted molar refractivity (Wildman–Crippen MR) is 53.7 cm³/mol. The number of nitrogens with zero attached hydrogens (tertiary/aromatic N) is 1.